The molecule has 194 valence electrons. The molecule has 0 amide bonds. The molecule has 0 aromatic rings. The van der Waals surface area contributed by atoms with Crippen molar-refractivity contribution in [3.05, 3.63) is 43.4 Å². The third kappa shape index (κ3) is 4.29. The second kappa shape index (κ2) is 9.37. The maximum atomic E-state index is 4.29. The van der Waals surface area contributed by atoms with Gasteiger partial charge in [-0.05, 0) is 0 Å². The van der Waals surface area contributed by atoms with Crippen molar-refractivity contribution in [3.8, 4) is 0 Å². The molecule has 1 atom stereocenters. The Labute approximate surface area is 227 Å². The molecular weight excluding hydrogens is 594 g/mol. The van der Waals surface area contributed by atoms with Crippen LogP contribution in [0.2, 0.25) is 82.9 Å². The van der Waals surface area contributed by atoms with Crippen molar-refractivity contribution in [2.24, 2.45) is 5.92 Å². The fourth-order valence-corrected chi connectivity index (χ4v) is 96.4. The summed E-state index contributed by atoms with van der Waals surface area (Å²) < 4.78 is 11.2. The number of hydrogen-bond donors (Lipinski definition) is 0. The zero-order chi connectivity index (χ0) is 26.2. The van der Waals surface area contributed by atoms with Gasteiger partial charge < -0.3 is 0 Å². The Balaban J connectivity index is 2.13. The van der Waals surface area contributed by atoms with Crippen LogP contribution >= 0.6 is 0 Å². The number of allylic oxidation sites excluding steroid dienone is 5. The van der Waals surface area contributed by atoms with E-state index >= 15 is 0 Å². The van der Waals surface area contributed by atoms with Gasteiger partial charge in [0.1, 0.15) is 0 Å². The van der Waals surface area contributed by atoms with Crippen LogP contribution in [-0.4, -0.2) is 63.5 Å². The van der Waals surface area contributed by atoms with E-state index in [1.54, 1.807) is 0 Å². The van der Waals surface area contributed by atoms with Crippen molar-refractivity contribution >= 4 is 58.6 Å². The molecule has 0 aliphatic carbocycles. The Hall–Kier alpha value is 0.611. The summed E-state index contributed by atoms with van der Waals surface area (Å²) in [6.07, 6.45) is 9.42. The molecule has 2 nitrogen and oxygen atoms in total. The van der Waals surface area contributed by atoms with Gasteiger partial charge in [-0.3, -0.25) is 0 Å². The summed E-state index contributed by atoms with van der Waals surface area (Å²) in [6.45, 7) is 36.6. The van der Waals surface area contributed by atoms with Crippen molar-refractivity contribution in [1.82, 2.24) is 4.91 Å². The topological polar surface area (TPSA) is 6.48 Å². The second-order valence-electron chi connectivity index (χ2n) is 14.8. The van der Waals surface area contributed by atoms with Gasteiger partial charge in [0, 0.05) is 0 Å². The normalized spacial score (nSPS) is 31.3. The van der Waals surface area contributed by atoms with Gasteiger partial charge in [-0.2, -0.15) is 0 Å². The van der Waals surface area contributed by atoms with E-state index in [2.05, 4.69) is 99.9 Å². The van der Waals surface area contributed by atoms with Crippen LogP contribution in [0.1, 0.15) is 33.1 Å². The van der Waals surface area contributed by atoms with Crippen LogP contribution < -0.4 is 0 Å². The van der Waals surface area contributed by atoms with Gasteiger partial charge in [0.2, 0.25) is 0 Å². The molecule has 0 bridgehead atoms. The molecule has 4 rings (SSSR count). The van der Waals surface area contributed by atoms with Crippen LogP contribution in [0, 0.1) is 5.92 Å². The Kier molecular flexibility index (Phi) is 7.66. The Morgan fingerprint density at radius 3 is 1.69 bits per heavy atom. The van der Waals surface area contributed by atoms with E-state index in [1.807, 2.05) is 14.6 Å². The van der Waals surface area contributed by atoms with Crippen molar-refractivity contribution in [2.45, 2.75) is 116 Å². The van der Waals surface area contributed by atoms with Gasteiger partial charge in [0.25, 0.3) is 0 Å². The fraction of sp³-hybridized carbons (Fsp3) is 0.704. The van der Waals surface area contributed by atoms with Gasteiger partial charge >= 0.3 is 229 Å². The first kappa shape index (κ1) is 28.6. The summed E-state index contributed by atoms with van der Waals surface area (Å²) in [5.74, 6) is 0.777. The van der Waals surface area contributed by atoms with E-state index in [0.717, 1.165) is 12.3 Å². The molecule has 35 heavy (non-hydrogen) atoms. The average molecular weight is 648 g/mol. The van der Waals surface area contributed by atoms with E-state index in [-0.39, 0.29) is 0 Å². The third-order valence-corrected chi connectivity index (χ3v) is 70.8. The van der Waals surface area contributed by atoms with Crippen molar-refractivity contribution in [1.29, 1.82) is 0 Å². The molecule has 0 aromatic heterocycles. The van der Waals surface area contributed by atoms with Gasteiger partial charge in [-0.15, -0.1) is 0 Å². The number of rotatable bonds is 6. The minimum absolute atomic E-state index is 0.702. The summed E-state index contributed by atoms with van der Waals surface area (Å²) in [5.41, 5.74) is 3.66. The van der Waals surface area contributed by atoms with Gasteiger partial charge in [0.05, 0.1) is 0 Å². The summed E-state index contributed by atoms with van der Waals surface area (Å²) in [5, 5.41) is 0. The molecule has 4 aliphatic rings. The van der Waals surface area contributed by atoms with Crippen molar-refractivity contribution in [3.63, 3.8) is 0 Å². The molecule has 8 heteroatoms. The van der Waals surface area contributed by atoms with Crippen LogP contribution in [0.3, 0.4) is 0 Å². The Morgan fingerprint density at radius 1 is 0.829 bits per heavy atom. The minimum atomic E-state index is -3.35. The number of hydrogen-bond acceptors (Lipinski definition) is 2. The van der Waals surface area contributed by atoms with Crippen molar-refractivity contribution in [2.75, 3.05) is 0 Å². The molecular formula is C27H53BN2Si4Sn. The Bertz CT molecular complexity index is 916. The summed E-state index contributed by atoms with van der Waals surface area (Å²) in [4.78, 5) is 0. The SMILES string of the molecule is C=CCC1=[C](C)[Sn]([N]2[Si](C)(C)CC[Si]2(C)C)([N]2[Si](C)(C)CC[Si]2(C)C)[C]2=C(C)CC(CC=C)CB12. The van der Waals surface area contributed by atoms with Gasteiger partial charge in [-0.1, -0.05) is 0 Å². The first-order valence-corrected chi connectivity index (χ1v) is 32.3. The second-order valence-corrected chi connectivity index (χ2v) is 49.2. The fourth-order valence-electron chi connectivity index (χ4n) is 9.52. The van der Waals surface area contributed by atoms with E-state index < -0.39 is 51.9 Å². The van der Waals surface area contributed by atoms with Crippen LogP contribution in [0.4, 0.5) is 0 Å². The monoisotopic (exact) mass is 648 g/mol. The molecule has 0 spiro atoms. The van der Waals surface area contributed by atoms with Gasteiger partial charge in [-0.25, -0.2) is 0 Å². The summed E-state index contributed by atoms with van der Waals surface area (Å²) in [7, 11) is -5.95. The number of fused-ring (bicyclic) bond motifs is 1. The molecule has 0 N–H and O–H groups in total. The van der Waals surface area contributed by atoms with E-state index in [4.69, 9.17) is 0 Å². The predicted molar refractivity (Wildman–Crippen MR) is 172 cm³/mol. The zero-order valence-electron chi connectivity index (χ0n) is 24.8. The molecule has 0 aromatic carbocycles. The molecule has 0 radical (unpaired) electrons. The predicted octanol–water partition coefficient (Wildman–Crippen LogP) is 8.35. The molecule has 4 aliphatic heterocycles. The summed E-state index contributed by atoms with van der Waals surface area (Å²) in [6, 6.07) is 6.12. The van der Waals surface area contributed by atoms with Crippen LogP contribution in [0.25, 0.3) is 0 Å². The van der Waals surface area contributed by atoms with E-state index in [0.29, 0.717) is 6.71 Å². The first-order valence-electron chi connectivity index (χ1n) is 14.3. The first-order chi connectivity index (χ1) is 16.1. The quantitative estimate of drug-likeness (QED) is 0.211. The van der Waals surface area contributed by atoms with Crippen LogP contribution in [0.15, 0.2) is 43.4 Å². The van der Waals surface area contributed by atoms with Crippen molar-refractivity contribution < 1.29 is 0 Å². The molecule has 4 heterocycles. The van der Waals surface area contributed by atoms with E-state index in [9.17, 15) is 0 Å². The molecule has 0 saturated carbocycles. The molecule has 2 fully saturated rings. The van der Waals surface area contributed by atoms with Crippen LogP contribution in [-0.2, 0) is 0 Å². The standard InChI is InChI=1S/C15H21B.2C6H16NSi2.Sn/c1-5-8-14-10-13(4)11-16(12-14)15(7-3)9-6-2;2*1-8(2)5-6-9(3,4)7-8;/h5-6,14H,1-2,8-10,12H2,3-4H3;2*5-6H2,1-4H3;/q;2*-1;+2. The molecule has 2 saturated heterocycles. The zero-order valence-corrected chi connectivity index (χ0v) is 31.6. The third-order valence-electron chi connectivity index (χ3n) is 10.4. The summed E-state index contributed by atoms with van der Waals surface area (Å²) >= 11 is -3.35. The number of nitrogens with zero attached hydrogens (tertiary/aromatic N) is 2. The maximum absolute atomic E-state index is 4.29. The van der Waals surface area contributed by atoms with Gasteiger partial charge in [0.15, 0.2) is 0 Å². The Morgan fingerprint density at radius 2 is 1.29 bits per heavy atom. The van der Waals surface area contributed by atoms with E-state index in [1.165, 1.54) is 43.3 Å². The van der Waals surface area contributed by atoms with Crippen LogP contribution in [0.5, 0.6) is 0 Å². The average Bonchev–Trinajstić information content (AvgIpc) is 3.19. The molecule has 1 unspecified atom stereocenters.